The topological polar surface area (TPSA) is 50.4 Å². The van der Waals surface area contributed by atoms with Crippen molar-refractivity contribution in [3.63, 3.8) is 0 Å². The molecule has 0 aliphatic rings. The van der Waals surface area contributed by atoms with Crippen LogP contribution in [0.4, 0.5) is 0 Å². The third kappa shape index (κ3) is 4.04. The molecular formula is C14H22N2O2. The van der Waals surface area contributed by atoms with Gasteiger partial charge in [0.1, 0.15) is 5.75 Å². The van der Waals surface area contributed by atoms with E-state index < -0.39 is 0 Å². The summed E-state index contributed by atoms with van der Waals surface area (Å²) >= 11 is 0. The van der Waals surface area contributed by atoms with Crippen molar-refractivity contribution in [3.8, 4) is 5.75 Å². The number of rotatable bonds is 7. The summed E-state index contributed by atoms with van der Waals surface area (Å²) in [6.07, 6.45) is 0.970. The Labute approximate surface area is 109 Å². The maximum absolute atomic E-state index is 11.4. The van der Waals surface area contributed by atoms with Gasteiger partial charge in [-0.3, -0.25) is 4.79 Å². The Balaban J connectivity index is 2.73. The highest BCUT2D eigenvalue weighted by Gasteiger charge is 2.12. The molecule has 0 aliphatic carbocycles. The van der Waals surface area contributed by atoms with Gasteiger partial charge in [0, 0.05) is 18.2 Å². The average Bonchev–Trinajstić information content (AvgIpc) is 2.39. The van der Waals surface area contributed by atoms with Crippen LogP contribution in [0, 0.1) is 0 Å². The van der Waals surface area contributed by atoms with E-state index in [-0.39, 0.29) is 18.6 Å². The Bertz CT molecular complexity index is 376. The van der Waals surface area contributed by atoms with E-state index in [1.54, 1.807) is 0 Å². The first-order chi connectivity index (χ1) is 8.72. The Hall–Kier alpha value is -1.55. The van der Waals surface area contributed by atoms with Crippen LogP contribution >= 0.6 is 0 Å². The van der Waals surface area contributed by atoms with Gasteiger partial charge in [0.05, 0.1) is 0 Å². The maximum Gasteiger partial charge on any atom is 0.257 e. The van der Waals surface area contributed by atoms with Crippen molar-refractivity contribution < 1.29 is 9.53 Å². The van der Waals surface area contributed by atoms with E-state index in [1.165, 1.54) is 0 Å². The highest BCUT2D eigenvalue weighted by molar-refractivity contribution is 5.77. The Morgan fingerprint density at radius 2 is 2.06 bits per heavy atom. The summed E-state index contributed by atoms with van der Waals surface area (Å²) in [6.45, 7) is 4.69. The van der Waals surface area contributed by atoms with Gasteiger partial charge in [0.15, 0.2) is 6.61 Å². The molecule has 0 bridgehead atoms. The van der Waals surface area contributed by atoms with Gasteiger partial charge < -0.3 is 15.4 Å². The van der Waals surface area contributed by atoms with Crippen molar-refractivity contribution >= 4 is 5.91 Å². The summed E-state index contributed by atoms with van der Waals surface area (Å²) in [4.78, 5) is 11.4. The van der Waals surface area contributed by atoms with E-state index in [4.69, 9.17) is 4.74 Å². The van der Waals surface area contributed by atoms with Crippen molar-refractivity contribution in [2.24, 2.45) is 0 Å². The largest absolute Gasteiger partial charge is 0.483 e. The van der Waals surface area contributed by atoms with Crippen LogP contribution in [-0.4, -0.2) is 26.1 Å². The molecule has 0 saturated heterocycles. The van der Waals surface area contributed by atoms with Gasteiger partial charge >= 0.3 is 0 Å². The summed E-state index contributed by atoms with van der Waals surface area (Å²) in [5.41, 5.74) is 1.09. The molecule has 0 aromatic heterocycles. The highest BCUT2D eigenvalue weighted by atomic mass is 16.5. The molecule has 1 aromatic carbocycles. The zero-order valence-electron chi connectivity index (χ0n) is 11.3. The number of para-hydroxylation sites is 1. The van der Waals surface area contributed by atoms with Gasteiger partial charge in [-0.1, -0.05) is 25.1 Å². The van der Waals surface area contributed by atoms with Crippen molar-refractivity contribution in [3.05, 3.63) is 29.8 Å². The molecule has 0 radical (unpaired) electrons. The van der Waals surface area contributed by atoms with E-state index in [2.05, 4.69) is 17.6 Å². The fourth-order valence-electron chi connectivity index (χ4n) is 1.87. The predicted molar refractivity (Wildman–Crippen MR) is 72.7 cm³/mol. The summed E-state index contributed by atoms with van der Waals surface area (Å²) in [5.74, 6) is 0.676. The van der Waals surface area contributed by atoms with Crippen molar-refractivity contribution in [1.82, 2.24) is 10.6 Å². The molecule has 2 N–H and O–H groups in total. The maximum atomic E-state index is 11.4. The zero-order valence-corrected chi connectivity index (χ0v) is 11.3. The minimum absolute atomic E-state index is 0.0605. The second-order valence-corrected chi connectivity index (χ2v) is 4.03. The number of hydrogen-bond acceptors (Lipinski definition) is 3. The number of benzene rings is 1. The molecule has 100 valence electrons. The van der Waals surface area contributed by atoms with Crippen LogP contribution in [0.15, 0.2) is 24.3 Å². The fraction of sp³-hybridized carbons (Fsp3) is 0.500. The summed E-state index contributed by atoms with van der Waals surface area (Å²) in [5, 5.41) is 5.95. The number of carbonyl (C=O) groups excluding carboxylic acids is 1. The molecular weight excluding hydrogens is 228 g/mol. The van der Waals surface area contributed by atoms with Crippen molar-refractivity contribution in [1.29, 1.82) is 0 Å². The molecule has 1 amide bonds. The minimum Gasteiger partial charge on any atom is -0.483 e. The van der Waals surface area contributed by atoms with Crippen LogP contribution in [0.2, 0.25) is 0 Å². The third-order valence-electron chi connectivity index (χ3n) is 2.78. The van der Waals surface area contributed by atoms with Gasteiger partial charge in [-0.05, 0) is 26.5 Å². The Kier molecular flexibility index (Phi) is 6.22. The number of ether oxygens (including phenoxy) is 1. The summed E-state index contributed by atoms with van der Waals surface area (Å²) < 4.78 is 5.58. The smallest absolute Gasteiger partial charge is 0.257 e. The Morgan fingerprint density at radius 1 is 1.33 bits per heavy atom. The van der Waals surface area contributed by atoms with Gasteiger partial charge in [-0.2, -0.15) is 0 Å². The quantitative estimate of drug-likeness (QED) is 0.776. The van der Waals surface area contributed by atoms with E-state index in [0.717, 1.165) is 17.7 Å². The summed E-state index contributed by atoms with van der Waals surface area (Å²) in [6, 6.07) is 8.06. The molecule has 0 aliphatic heterocycles. The van der Waals surface area contributed by atoms with Crippen LogP contribution in [0.3, 0.4) is 0 Å². The normalized spacial score (nSPS) is 11.9. The number of carbonyl (C=O) groups is 1. The molecule has 1 aromatic rings. The molecule has 0 fully saturated rings. The van der Waals surface area contributed by atoms with E-state index in [9.17, 15) is 4.79 Å². The average molecular weight is 250 g/mol. The lowest BCUT2D eigenvalue weighted by Crippen LogP contribution is -2.28. The second-order valence-electron chi connectivity index (χ2n) is 4.03. The molecule has 0 saturated carbocycles. The number of hydrogen-bond donors (Lipinski definition) is 2. The lowest BCUT2D eigenvalue weighted by molar-refractivity contribution is -0.123. The van der Waals surface area contributed by atoms with Gasteiger partial charge in [-0.25, -0.2) is 0 Å². The first-order valence-corrected chi connectivity index (χ1v) is 6.38. The molecule has 4 heteroatoms. The van der Waals surface area contributed by atoms with Crippen LogP contribution in [0.5, 0.6) is 5.75 Å². The van der Waals surface area contributed by atoms with E-state index in [0.29, 0.717) is 6.54 Å². The number of nitrogens with one attached hydrogen (secondary N) is 2. The Morgan fingerprint density at radius 3 is 2.67 bits per heavy atom. The second kappa shape index (κ2) is 7.71. The van der Waals surface area contributed by atoms with E-state index >= 15 is 0 Å². The van der Waals surface area contributed by atoms with Crippen LogP contribution in [0.1, 0.15) is 31.9 Å². The van der Waals surface area contributed by atoms with Gasteiger partial charge in [0.25, 0.3) is 5.91 Å². The predicted octanol–water partition coefficient (Wildman–Crippen LogP) is 1.87. The molecule has 18 heavy (non-hydrogen) atoms. The van der Waals surface area contributed by atoms with Crippen molar-refractivity contribution in [2.45, 2.75) is 26.3 Å². The SMILES string of the molecule is CCNC(=O)COc1ccccc1C(CC)NC. The number of amides is 1. The number of likely N-dealkylation sites (N-methyl/N-ethyl adjacent to an activating group) is 1. The first-order valence-electron chi connectivity index (χ1n) is 6.38. The lowest BCUT2D eigenvalue weighted by atomic mass is 10.0. The third-order valence-corrected chi connectivity index (χ3v) is 2.78. The molecule has 1 atom stereocenters. The van der Waals surface area contributed by atoms with Gasteiger partial charge in [-0.15, -0.1) is 0 Å². The van der Waals surface area contributed by atoms with Gasteiger partial charge in [0.2, 0.25) is 0 Å². The molecule has 4 nitrogen and oxygen atoms in total. The van der Waals surface area contributed by atoms with E-state index in [1.807, 2.05) is 38.2 Å². The molecule has 0 spiro atoms. The monoisotopic (exact) mass is 250 g/mol. The zero-order chi connectivity index (χ0) is 13.4. The van der Waals surface area contributed by atoms with Crippen LogP contribution in [0.25, 0.3) is 0 Å². The highest BCUT2D eigenvalue weighted by Crippen LogP contribution is 2.26. The van der Waals surface area contributed by atoms with Crippen LogP contribution in [-0.2, 0) is 4.79 Å². The van der Waals surface area contributed by atoms with Crippen molar-refractivity contribution in [2.75, 3.05) is 20.2 Å². The fourth-order valence-corrected chi connectivity index (χ4v) is 1.87. The van der Waals surface area contributed by atoms with Crippen LogP contribution < -0.4 is 15.4 Å². The first kappa shape index (κ1) is 14.5. The molecule has 1 unspecified atom stereocenters. The molecule has 0 heterocycles. The lowest BCUT2D eigenvalue weighted by Gasteiger charge is -2.18. The summed E-state index contributed by atoms with van der Waals surface area (Å²) in [7, 11) is 1.93. The minimum atomic E-state index is -0.0928. The molecule has 1 rings (SSSR count). The standard InChI is InChI=1S/C14H22N2O2/c1-4-12(15-3)11-8-6-7-9-13(11)18-10-14(17)16-5-2/h6-9,12,15H,4-5,10H2,1-3H3,(H,16,17).